The van der Waals surface area contributed by atoms with Crippen LogP contribution in [-0.2, 0) is 0 Å². The number of hydrogen-bond donors (Lipinski definition) is 0. The average molecular weight is 164 g/mol. The third kappa shape index (κ3) is 1.13. The SMILES string of the molecule is O=NS1(N=O)C=CCS1. The second-order valence-corrected chi connectivity index (χ2v) is 5.74. The average Bonchev–Trinajstić information content (AvgIpc) is 2.36. The summed E-state index contributed by atoms with van der Waals surface area (Å²) < 4.78 is 5.34. The molecule has 0 radical (unpaired) electrons. The van der Waals surface area contributed by atoms with Gasteiger partial charge in [-0.2, -0.15) is 0 Å². The van der Waals surface area contributed by atoms with Gasteiger partial charge in [-0.25, -0.2) is 0 Å². The molecule has 1 aliphatic heterocycles. The normalized spacial score (nSPS) is 25.3. The van der Waals surface area contributed by atoms with Crippen molar-refractivity contribution in [2.24, 2.45) is 9.16 Å². The molecule has 0 aromatic carbocycles. The first kappa shape index (κ1) is 6.76. The van der Waals surface area contributed by atoms with Gasteiger partial charge in [0.15, 0.2) is 0 Å². The minimum absolute atomic E-state index is 0.673. The second-order valence-electron chi connectivity index (χ2n) is 1.34. The smallest absolute Gasteiger partial charge is 0.103 e. The molecule has 0 aliphatic carbocycles. The first-order valence-corrected chi connectivity index (χ1v) is 5.28. The molecule has 0 unspecified atom stereocenters. The molecule has 0 saturated carbocycles. The van der Waals surface area contributed by atoms with Crippen LogP contribution in [0.25, 0.3) is 0 Å². The lowest BCUT2D eigenvalue weighted by molar-refractivity contribution is 1.72. The lowest BCUT2D eigenvalue weighted by Gasteiger charge is -2.09. The molecule has 6 heteroatoms. The summed E-state index contributed by atoms with van der Waals surface area (Å²) >= 11 is 0. The predicted molar refractivity (Wildman–Crippen MR) is 40.8 cm³/mol. The lowest BCUT2D eigenvalue weighted by Crippen LogP contribution is -1.71. The molecule has 4 nitrogen and oxygen atoms in total. The van der Waals surface area contributed by atoms with Crippen LogP contribution in [-0.4, -0.2) is 5.75 Å². The van der Waals surface area contributed by atoms with Crippen molar-refractivity contribution in [3.05, 3.63) is 21.3 Å². The number of nitroso groups, excluding NO2 is 2. The van der Waals surface area contributed by atoms with Crippen LogP contribution < -0.4 is 0 Å². The van der Waals surface area contributed by atoms with Crippen LogP contribution in [0.2, 0.25) is 0 Å². The molecule has 1 aliphatic rings. The lowest BCUT2D eigenvalue weighted by atomic mass is 10.8. The van der Waals surface area contributed by atoms with E-state index in [1.807, 2.05) is 0 Å². The number of nitrogens with zero attached hydrogens (tertiary/aromatic N) is 2. The summed E-state index contributed by atoms with van der Waals surface area (Å²) in [7, 11) is -0.958. The molecule has 0 spiro atoms. The van der Waals surface area contributed by atoms with Gasteiger partial charge in [-0.05, 0) is 0 Å². The molecule has 9 heavy (non-hydrogen) atoms. The van der Waals surface area contributed by atoms with Crippen molar-refractivity contribution >= 4 is 20.2 Å². The van der Waals surface area contributed by atoms with E-state index in [4.69, 9.17) is 0 Å². The maximum Gasteiger partial charge on any atom is 0.103 e. The van der Waals surface area contributed by atoms with Crippen molar-refractivity contribution in [2.45, 2.75) is 0 Å². The van der Waals surface area contributed by atoms with E-state index in [0.29, 0.717) is 5.75 Å². The fourth-order valence-electron chi connectivity index (χ4n) is 0.450. The minimum Gasteiger partial charge on any atom is -0.136 e. The largest absolute Gasteiger partial charge is 0.136 e. The highest BCUT2D eigenvalue weighted by Gasteiger charge is 2.27. The van der Waals surface area contributed by atoms with Gasteiger partial charge in [-0.15, -0.1) is 9.81 Å². The zero-order valence-electron chi connectivity index (χ0n) is 4.39. The maximum absolute atomic E-state index is 9.98. The Morgan fingerprint density at radius 2 is 2.11 bits per heavy atom. The van der Waals surface area contributed by atoms with Crippen molar-refractivity contribution in [2.75, 3.05) is 5.75 Å². The minimum atomic E-state index is -2.16. The van der Waals surface area contributed by atoms with E-state index in [1.165, 1.54) is 16.2 Å². The summed E-state index contributed by atoms with van der Waals surface area (Å²) in [4.78, 5) is 20.0. The molecular weight excluding hydrogens is 160 g/mol. The summed E-state index contributed by atoms with van der Waals surface area (Å²) in [5.41, 5.74) is 0. The molecule has 0 amide bonds. The first-order chi connectivity index (χ1) is 4.33. The molecule has 0 saturated heterocycles. The van der Waals surface area contributed by atoms with Crippen molar-refractivity contribution in [1.29, 1.82) is 0 Å². The fraction of sp³-hybridized carbons (Fsp3) is 0.333. The summed E-state index contributed by atoms with van der Waals surface area (Å²) in [5, 5.41) is 1.50. The Labute approximate surface area is 57.0 Å². The van der Waals surface area contributed by atoms with Crippen LogP contribution in [0.5, 0.6) is 0 Å². The van der Waals surface area contributed by atoms with Crippen molar-refractivity contribution in [3.63, 3.8) is 0 Å². The molecular formula is C3H4N2O2S2. The van der Waals surface area contributed by atoms with Gasteiger partial charge in [0.25, 0.3) is 0 Å². The standard InChI is InChI=1S/C3H4N2O2S2/c6-4-9(5-7)3-1-2-8-9/h1,3H,2H2. The van der Waals surface area contributed by atoms with Crippen LogP contribution in [0.3, 0.4) is 0 Å². The van der Waals surface area contributed by atoms with Gasteiger partial charge < -0.3 is 0 Å². The Balaban J connectivity index is 2.79. The highest BCUT2D eigenvalue weighted by Crippen LogP contribution is 2.66. The third-order valence-corrected chi connectivity index (χ3v) is 4.62. The van der Waals surface area contributed by atoms with E-state index in [-0.39, 0.29) is 0 Å². The van der Waals surface area contributed by atoms with Gasteiger partial charge >= 0.3 is 0 Å². The zero-order chi connectivity index (χ0) is 6.74. The molecule has 0 aromatic heterocycles. The Morgan fingerprint density at radius 1 is 1.44 bits per heavy atom. The van der Waals surface area contributed by atoms with Crippen LogP contribution in [0.15, 0.2) is 20.6 Å². The van der Waals surface area contributed by atoms with Crippen LogP contribution in [0.1, 0.15) is 0 Å². The van der Waals surface area contributed by atoms with E-state index < -0.39 is 9.43 Å². The van der Waals surface area contributed by atoms with Crippen LogP contribution in [0, 0.1) is 9.81 Å². The van der Waals surface area contributed by atoms with E-state index in [2.05, 4.69) is 9.16 Å². The van der Waals surface area contributed by atoms with Gasteiger partial charge in [-0.1, -0.05) is 16.9 Å². The van der Waals surface area contributed by atoms with Crippen molar-refractivity contribution in [3.8, 4) is 0 Å². The van der Waals surface area contributed by atoms with E-state index >= 15 is 0 Å². The summed E-state index contributed by atoms with van der Waals surface area (Å²) in [6, 6.07) is 0. The van der Waals surface area contributed by atoms with Gasteiger partial charge in [0, 0.05) is 20.3 Å². The Kier molecular flexibility index (Phi) is 1.87. The third-order valence-electron chi connectivity index (χ3n) is 0.825. The molecule has 50 valence electrons. The Bertz CT molecular complexity index is 161. The van der Waals surface area contributed by atoms with Gasteiger partial charge in [0.05, 0.1) is 0 Å². The summed E-state index contributed by atoms with van der Waals surface area (Å²) in [6.07, 6.45) is 1.74. The number of rotatable bonds is 2. The number of hydrogen-bond acceptors (Lipinski definition) is 5. The topological polar surface area (TPSA) is 58.9 Å². The highest BCUT2D eigenvalue weighted by atomic mass is 33.2. The summed E-state index contributed by atoms with van der Waals surface area (Å²) in [5.74, 6) is 0.673. The fourth-order valence-corrected chi connectivity index (χ4v) is 3.15. The molecule has 0 N–H and O–H groups in total. The zero-order valence-corrected chi connectivity index (χ0v) is 6.02. The molecule has 0 aromatic rings. The van der Waals surface area contributed by atoms with Crippen molar-refractivity contribution in [1.82, 2.24) is 0 Å². The van der Waals surface area contributed by atoms with E-state index in [0.717, 1.165) is 0 Å². The van der Waals surface area contributed by atoms with Gasteiger partial charge in [0.2, 0.25) is 0 Å². The van der Waals surface area contributed by atoms with E-state index in [1.54, 1.807) is 6.08 Å². The van der Waals surface area contributed by atoms with Gasteiger partial charge in [-0.3, -0.25) is 0 Å². The highest BCUT2D eigenvalue weighted by molar-refractivity contribution is 8.94. The predicted octanol–water partition coefficient (Wildman–Crippen LogP) is 2.33. The van der Waals surface area contributed by atoms with Crippen molar-refractivity contribution < 1.29 is 0 Å². The first-order valence-electron chi connectivity index (χ1n) is 2.16. The Morgan fingerprint density at radius 3 is 2.33 bits per heavy atom. The maximum atomic E-state index is 9.98. The molecule has 0 fully saturated rings. The van der Waals surface area contributed by atoms with Crippen LogP contribution in [0.4, 0.5) is 0 Å². The molecule has 1 rings (SSSR count). The molecule has 0 bridgehead atoms. The quantitative estimate of drug-likeness (QED) is 0.465. The van der Waals surface area contributed by atoms with E-state index in [9.17, 15) is 9.81 Å². The summed E-state index contributed by atoms with van der Waals surface area (Å²) in [6.45, 7) is 0. The monoisotopic (exact) mass is 164 g/mol. The van der Waals surface area contributed by atoms with Gasteiger partial charge in [0.1, 0.15) is 9.43 Å². The molecule has 1 heterocycles. The van der Waals surface area contributed by atoms with Crippen LogP contribution >= 0.6 is 20.2 Å². The second kappa shape index (κ2) is 2.49. The molecule has 0 atom stereocenters. The Hall–Kier alpha value is -0.360.